The van der Waals surface area contributed by atoms with Crippen LogP contribution in [0.25, 0.3) is 11.1 Å². The molecule has 2 atom stereocenters. The molecule has 6 rings (SSSR count). The molecule has 0 radical (unpaired) electrons. The van der Waals surface area contributed by atoms with Crippen LogP contribution < -0.4 is 9.84 Å². The van der Waals surface area contributed by atoms with Gasteiger partial charge in [-0.25, -0.2) is 4.39 Å². The van der Waals surface area contributed by atoms with Crippen LogP contribution in [-0.2, 0) is 6.42 Å². The molecule has 4 aliphatic rings. The fraction of sp³-hybridized carbons (Fsp3) is 0.536. The molecule has 182 valence electrons. The van der Waals surface area contributed by atoms with E-state index in [2.05, 4.69) is 24.8 Å². The number of rotatable bonds is 5. The Bertz CT molecular complexity index is 1090. The fourth-order valence-corrected chi connectivity index (χ4v) is 6.45. The fourth-order valence-electron chi connectivity index (χ4n) is 6.45. The van der Waals surface area contributed by atoms with Gasteiger partial charge in [-0.2, -0.15) is 0 Å². The molecule has 3 aliphatic heterocycles. The van der Waals surface area contributed by atoms with Gasteiger partial charge in [0, 0.05) is 12.6 Å². The minimum Gasteiger partial charge on any atom is -0.530 e. The second-order valence-corrected chi connectivity index (χ2v) is 11.2. The second kappa shape index (κ2) is 8.56. The Morgan fingerprint density at radius 2 is 1.82 bits per heavy atom. The van der Waals surface area contributed by atoms with Gasteiger partial charge in [0.15, 0.2) is 11.6 Å². The molecule has 0 aromatic heterocycles. The predicted octanol–water partition coefficient (Wildman–Crippen LogP) is 4.64. The molecule has 2 aromatic rings. The highest BCUT2D eigenvalue weighted by molar-refractivity contribution is 5.69. The molecule has 3 fully saturated rings. The van der Waals surface area contributed by atoms with Gasteiger partial charge in [-0.3, -0.25) is 0 Å². The van der Waals surface area contributed by atoms with E-state index in [1.54, 1.807) is 11.0 Å². The van der Waals surface area contributed by atoms with Crippen LogP contribution in [0.3, 0.4) is 0 Å². The molecule has 3 saturated heterocycles. The zero-order valence-corrected chi connectivity index (χ0v) is 20.5. The number of benzene rings is 2. The summed E-state index contributed by atoms with van der Waals surface area (Å²) in [5, 5.41) is 12.5. The largest absolute Gasteiger partial charge is 0.530 e. The van der Waals surface area contributed by atoms with Crippen LogP contribution in [0.1, 0.15) is 57.7 Å². The maximum absolute atomic E-state index is 14.6. The number of nitrogens with zero attached hydrogens (tertiary/aromatic N) is 2. The van der Waals surface area contributed by atoms with E-state index in [4.69, 9.17) is 4.74 Å². The predicted molar refractivity (Wildman–Crippen MR) is 128 cm³/mol. The van der Waals surface area contributed by atoms with Crippen molar-refractivity contribution in [1.82, 2.24) is 9.80 Å². The number of halogens is 1. The maximum Gasteiger partial charge on any atom is 0.165 e. The molecule has 0 saturated carbocycles. The zero-order chi connectivity index (χ0) is 24.2. The second-order valence-electron chi connectivity index (χ2n) is 11.2. The van der Waals surface area contributed by atoms with Gasteiger partial charge in [0.25, 0.3) is 0 Å². The van der Waals surface area contributed by atoms with E-state index in [9.17, 15) is 14.3 Å². The van der Waals surface area contributed by atoms with Crippen molar-refractivity contribution in [2.24, 2.45) is 11.3 Å². The van der Waals surface area contributed by atoms with Gasteiger partial charge in [0.05, 0.1) is 12.1 Å². The summed E-state index contributed by atoms with van der Waals surface area (Å²) in [7, 11) is 0. The molecule has 6 heteroatoms. The zero-order valence-electron chi connectivity index (χ0n) is 20.5. The van der Waals surface area contributed by atoms with E-state index in [1.165, 1.54) is 6.07 Å². The average Bonchev–Trinajstić information content (AvgIpc) is 3.05. The lowest BCUT2D eigenvalue weighted by molar-refractivity contribution is -0.276. The summed E-state index contributed by atoms with van der Waals surface area (Å²) in [6, 6.07) is 10.9. The smallest absolute Gasteiger partial charge is 0.165 e. The van der Waals surface area contributed by atoms with Crippen LogP contribution in [0.5, 0.6) is 5.75 Å². The van der Waals surface area contributed by atoms with E-state index >= 15 is 0 Å². The Balaban J connectivity index is 1.48. The van der Waals surface area contributed by atoms with Gasteiger partial charge in [0.2, 0.25) is 0 Å². The molecular formula is C28H34FN2O3-. The third-order valence-corrected chi connectivity index (χ3v) is 7.92. The number of hydrogen-bond acceptors (Lipinski definition) is 4. The first-order valence-corrected chi connectivity index (χ1v) is 12.4. The SMILES string of the molecule is CC(C)Oc1ccc(-c2ccc3c(c2)CC(C)(C)[C@H]3N(C(=O)[O-])[C@@H]2CN3CCC2CC3)cc1F. The van der Waals surface area contributed by atoms with Crippen molar-refractivity contribution >= 4 is 6.09 Å². The lowest BCUT2D eigenvalue weighted by Gasteiger charge is -2.53. The molecular weight excluding hydrogens is 431 g/mol. The van der Waals surface area contributed by atoms with Crippen LogP contribution in [0, 0.1) is 17.2 Å². The summed E-state index contributed by atoms with van der Waals surface area (Å²) in [5.74, 6) is 0.273. The first-order valence-electron chi connectivity index (χ1n) is 12.4. The third-order valence-electron chi connectivity index (χ3n) is 7.92. The van der Waals surface area contributed by atoms with E-state index < -0.39 is 6.09 Å². The van der Waals surface area contributed by atoms with E-state index in [-0.39, 0.29) is 35.2 Å². The molecule has 0 unspecified atom stereocenters. The van der Waals surface area contributed by atoms with Crippen LogP contribution in [0.15, 0.2) is 36.4 Å². The summed E-state index contributed by atoms with van der Waals surface area (Å²) in [6.07, 6.45) is 1.70. The highest BCUT2D eigenvalue weighted by Gasteiger charge is 2.48. The van der Waals surface area contributed by atoms with E-state index in [0.717, 1.165) is 61.2 Å². The Morgan fingerprint density at radius 3 is 2.41 bits per heavy atom. The van der Waals surface area contributed by atoms with Crippen molar-refractivity contribution in [2.45, 2.75) is 65.1 Å². The van der Waals surface area contributed by atoms with Gasteiger partial charge < -0.3 is 24.4 Å². The topological polar surface area (TPSA) is 55.8 Å². The van der Waals surface area contributed by atoms with Gasteiger partial charge in [0.1, 0.15) is 6.09 Å². The summed E-state index contributed by atoms with van der Waals surface area (Å²) in [5.41, 5.74) is 3.63. The number of piperidine rings is 3. The van der Waals surface area contributed by atoms with E-state index in [1.807, 2.05) is 32.0 Å². The first-order chi connectivity index (χ1) is 16.1. The number of carbonyl (C=O) groups is 1. The van der Waals surface area contributed by atoms with Crippen LogP contribution >= 0.6 is 0 Å². The number of carbonyl (C=O) groups excluding carboxylic acids is 1. The van der Waals surface area contributed by atoms with E-state index in [0.29, 0.717) is 5.92 Å². The maximum atomic E-state index is 14.6. The van der Waals surface area contributed by atoms with Crippen LogP contribution in [0.4, 0.5) is 9.18 Å². The number of ether oxygens (including phenoxy) is 1. The summed E-state index contributed by atoms with van der Waals surface area (Å²) in [6.45, 7) is 11.0. The molecule has 0 N–H and O–H groups in total. The molecule has 1 amide bonds. The van der Waals surface area contributed by atoms with Crippen molar-refractivity contribution in [3.8, 4) is 16.9 Å². The normalized spacial score (nSPS) is 27.0. The quantitative estimate of drug-likeness (QED) is 0.645. The number of hydrogen-bond donors (Lipinski definition) is 0. The van der Waals surface area contributed by atoms with Gasteiger partial charge in [-0.1, -0.05) is 38.1 Å². The number of carboxylic acid groups (broad SMARTS) is 1. The van der Waals surface area contributed by atoms with Crippen LogP contribution in [0.2, 0.25) is 0 Å². The summed E-state index contributed by atoms with van der Waals surface area (Å²) < 4.78 is 20.2. The average molecular weight is 466 g/mol. The van der Waals surface area contributed by atoms with Crippen molar-refractivity contribution < 1.29 is 19.0 Å². The van der Waals surface area contributed by atoms with Crippen molar-refractivity contribution in [2.75, 3.05) is 19.6 Å². The molecule has 5 nitrogen and oxygen atoms in total. The van der Waals surface area contributed by atoms with Gasteiger partial charge in [-0.05, 0) is 91.9 Å². The van der Waals surface area contributed by atoms with Crippen molar-refractivity contribution in [3.05, 3.63) is 53.3 Å². The molecule has 34 heavy (non-hydrogen) atoms. The lowest BCUT2D eigenvalue weighted by Crippen LogP contribution is -2.62. The molecule has 0 spiro atoms. The van der Waals surface area contributed by atoms with Crippen molar-refractivity contribution in [3.63, 3.8) is 0 Å². The Labute approximate surface area is 201 Å². The molecule has 2 bridgehead atoms. The lowest BCUT2D eigenvalue weighted by atomic mass is 9.79. The summed E-state index contributed by atoms with van der Waals surface area (Å²) >= 11 is 0. The first kappa shape index (κ1) is 23.2. The van der Waals surface area contributed by atoms with Crippen molar-refractivity contribution in [1.29, 1.82) is 0 Å². The molecule has 1 aliphatic carbocycles. The number of fused-ring (bicyclic) bond motifs is 4. The third kappa shape index (κ3) is 4.06. The van der Waals surface area contributed by atoms with Gasteiger partial charge in [-0.15, -0.1) is 0 Å². The standard InChI is InChI=1S/C28H35FN2O3/c1-17(2)34-25-8-6-20(14-23(25)29)19-5-7-22-21(13-19)15-28(3,4)26(22)31(27(32)33)24-16-30-11-9-18(24)10-12-30/h5-8,13-14,17-18,24,26H,9-12,15-16H2,1-4H3,(H,32,33)/p-1/t24-,26+/m1/s1. The van der Waals surface area contributed by atoms with Crippen LogP contribution in [-0.4, -0.2) is 47.7 Å². The Hall–Kier alpha value is -2.60. The minimum absolute atomic E-state index is 0.0231. The highest BCUT2D eigenvalue weighted by Crippen LogP contribution is 2.51. The minimum atomic E-state index is -1.07. The monoisotopic (exact) mass is 465 g/mol. The molecule has 2 aromatic carbocycles. The Morgan fingerprint density at radius 1 is 1.15 bits per heavy atom. The summed E-state index contributed by atoms with van der Waals surface area (Å²) in [4.78, 5) is 16.6. The Kier molecular flexibility index (Phi) is 5.83. The van der Waals surface area contributed by atoms with Gasteiger partial charge >= 0.3 is 0 Å². The number of amides is 1. The molecule has 3 heterocycles. The highest BCUT2D eigenvalue weighted by atomic mass is 19.1.